The maximum Gasteiger partial charge on any atom is 0.276 e. The molecule has 5 aromatic rings. The van der Waals surface area contributed by atoms with Gasteiger partial charge >= 0.3 is 0 Å². The molecule has 0 unspecified atom stereocenters. The molecule has 2 aromatic heterocycles. The van der Waals surface area contributed by atoms with Crippen LogP contribution in [0.5, 0.6) is 0 Å². The van der Waals surface area contributed by atoms with Crippen molar-refractivity contribution in [2.75, 3.05) is 5.32 Å². The number of nitrogens with one attached hydrogen (secondary N) is 1. The highest BCUT2D eigenvalue weighted by Gasteiger charge is 2.56. The third-order valence-corrected chi connectivity index (χ3v) is 8.03. The van der Waals surface area contributed by atoms with E-state index < -0.39 is 11.3 Å². The average Bonchev–Trinajstić information content (AvgIpc) is 3.43. The fourth-order valence-corrected chi connectivity index (χ4v) is 6.04. The Hall–Kier alpha value is -4.85. The van der Waals surface area contributed by atoms with Gasteiger partial charge in [-0.15, -0.1) is 0 Å². The van der Waals surface area contributed by atoms with E-state index in [-0.39, 0.29) is 22.2 Å². The minimum Gasteiger partial charge on any atom is -0.324 e. The van der Waals surface area contributed by atoms with Crippen molar-refractivity contribution >= 4 is 11.6 Å². The molecule has 0 saturated carbocycles. The summed E-state index contributed by atoms with van der Waals surface area (Å²) in [6.07, 6.45) is 0. The van der Waals surface area contributed by atoms with Gasteiger partial charge in [-0.05, 0) is 51.1 Å². The standard InChI is InChI=1S/C31H29N5O3/c1-19-16-17-25-24(18-19)31(30(39)32-25,26-20(2)33(4)35(28(26)37)22-12-8-6-9-13-22)27-21(3)34(5)36(29(27)38)23-14-10-7-11-15-23/h6-18H,1-5H3,(H,32,39). The van der Waals surface area contributed by atoms with Gasteiger partial charge in [0, 0.05) is 36.7 Å². The fraction of sp³-hybridized carbons (Fsp3) is 0.194. The Morgan fingerprint density at radius 3 is 1.56 bits per heavy atom. The van der Waals surface area contributed by atoms with Crippen molar-refractivity contribution < 1.29 is 4.79 Å². The van der Waals surface area contributed by atoms with Crippen molar-refractivity contribution in [3.8, 4) is 11.4 Å². The van der Waals surface area contributed by atoms with Crippen LogP contribution in [0, 0.1) is 20.8 Å². The van der Waals surface area contributed by atoms with Gasteiger partial charge in [0.05, 0.1) is 22.5 Å². The summed E-state index contributed by atoms with van der Waals surface area (Å²) in [6.45, 7) is 5.59. The SMILES string of the molecule is Cc1ccc2c(c1)C(c1c(C)n(C)n(-c3ccccc3)c1=O)(c1c(C)n(C)n(-c3ccccc3)c1=O)C(=O)N2. The Balaban J connectivity index is 1.80. The monoisotopic (exact) mass is 519 g/mol. The third-order valence-electron chi connectivity index (χ3n) is 8.03. The van der Waals surface area contributed by atoms with Crippen LogP contribution in [0.15, 0.2) is 88.5 Å². The summed E-state index contributed by atoms with van der Waals surface area (Å²) in [5.41, 5.74) is 2.83. The highest BCUT2D eigenvalue weighted by molar-refractivity contribution is 6.11. The second-order valence-electron chi connectivity index (χ2n) is 10.1. The lowest BCUT2D eigenvalue weighted by molar-refractivity contribution is -0.118. The highest BCUT2D eigenvalue weighted by atomic mass is 16.2. The van der Waals surface area contributed by atoms with Gasteiger partial charge in [0.2, 0.25) is 5.91 Å². The van der Waals surface area contributed by atoms with E-state index in [9.17, 15) is 14.4 Å². The van der Waals surface area contributed by atoms with Crippen LogP contribution in [0.1, 0.15) is 33.6 Å². The summed E-state index contributed by atoms with van der Waals surface area (Å²) in [4.78, 5) is 43.3. The van der Waals surface area contributed by atoms with Gasteiger partial charge in [0.15, 0.2) is 0 Å². The number of fused-ring (bicyclic) bond motifs is 1. The molecule has 1 N–H and O–H groups in total. The number of carbonyl (C=O) groups excluding carboxylic acids is 1. The molecular weight excluding hydrogens is 490 g/mol. The van der Waals surface area contributed by atoms with E-state index in [1.807, 2.05) is 99.6 Å². The number of para-hydroxylation sites is 2. The van der Waals surface area contributed by atoms with E-state index in [1.165, 1.54) is 0 Å². The van der Waals surface area contributed by atoms with Gasteiger partial charge in [-0.3, -0.25) is 23.7 Å². The summed E-state index contributed by atoms with van der Waals surface area (Å²) in [7, 11) is 3.59. The van der Waals surface area contributed by atoms with Crippen LogP contribution in [0.25, 0.3) is 11.4 Å². The molecule has 1 amide bonds. The number of amides is 1. The number of nitrogens with zero attached hydrogens (tertiary/aromatic N) is 4. The molecular formula is C31H29N5O3. The number of hydrogen-bond donors (Lipinski definition) is 1. The Bertz CT molecular complexity index is 1780. The average molecular weight is 520 g/mol. The zero-order valence-corrected chi connectivity index (χ0v) is 22.5. The molecule has 0 radical (unpaired) electrons. The smallest absolute Gasteiger partial charge is 0.276 e. The zero-order valence-electron chi connectivity index (χ0n) is 22.5. The van der Waals surface area contributed by atoms with Crippen molar-refractivity contribution in [1.29, 1.82) is 0 Å². The first kappa shape index (κ1) is 24.5. The van der Waals surface area contributed by atoms with E-state index in [4.69, 9.17) is 0 Å². The number of anilines is 1. The zero-order chi connectivity index (χ0) is 27.6. The summed E-state index contributed by atoms with van der Waals surface area (Å²) in [6, 6.07) is 24.3. The van der Waals surface area contributed by atoms with Gasteiger partial charge in [0.1, 0.15) is 5.41 Å². The second-order valence-corrected chi connectivity index (χ2v) is 10.1. The normalized spacial score (nSPS) is 13.9. The number of aromatic nitrogens is 4. The first-order valence-corrected chi connectivity index (χ1v) is 12.8. The van der Waals surface area contributed by atoms with Crippen LogP contribution in [-0.4, -0.2) is 24.6 Å². The molecule has 39 heavy (non-hydrogen) atoms. The lowest BCUT2D eigenvalue weighted by Gasteiger charge is -2.26. The molecule has 8 heteroatoms. The first-order chi connectivity index (χ1) is 18.7. The first-order valence-electron chi connectivity index (χ1n) is 12.8. The molecule has 1 aliphatic rings. The Morgan fingerprint density at radius 2 is 1.10 bits per heavy atom. The number of hydrogen-bond acceptors (Lipinski definition) is 3. The Labute approximate surface area is 225 Å². The van der Waals surface area contributed by atoms with Crippen LogP contribution in [0.4, 0.5) is 5.69 Å². The van der Waals surface area contributed by atoms with Crippen molar-refractivity contribution in [2.45, 2.75) is 26.2 Å². The maximum absolute atomic E-state index is 14.4. The molecule has 0 spiro atoms. The number of carbonyl (C=O) groups is 1. The molecule has 1 aliphatic heterocycles. The van der Waals surface area contributed by atoms with Gasteiger partial charge in [0.25, 0.3) is 11.1 Å². The molecule has 0 aliphatic carbocycles. The molecule has 8 nitrogen and oxygen atoms in total. The van der Waals surface area contributed by atoms with Crippen molar-refractivity contribution in [3.05, 3.63) is 133 Å². The van der Waals surface area contributed by atoms with E-state index in [1.54, 1.807) is 32.8 Å². The van der Waals surface area contributed by atoms with Crippen molar-refractivity contribution in [1.82, 2.24) is 18.7 Å². The Kier molecular flexibility index (Phi) is 5.39. The molecule has 3 heterocycles. The summed E-state index contributed by atoms with van der Waals surface area (Å²) in [5, 5.41) is 3.00. The van der Waals surface area contributed by atoms with Crippen LogP contribution in [-0.2, 0) is 24.3 Å². The fourth-order valence-electron chi connectivity index (χ4n) is 6.04. The largest absolute Gasteiger partial charge is 0.324 e. The molecule has 6 rings (SSSR count). The van der Waals surface area contributed by atoms with Crippen LogP contribution in [0.3, 0.4) is 0 Å². The number of rotatable bonds is 4. The van der Waals surface area contributed by atoms with Crippen LogP contribution < -0.4 is 16.4 Å². The summed E-state index contributed by atoms with van der Waals surface area (Å²) >= 11 is 0. The third kappa shape index (κ3) is 3.21. The Morgan fingerprint density at radius 1 is 0.641 bits per heavy atom. The van der Waals surface area contributed by atoms with Gasteiger partial charge in [-0.2, -0.15) is 0 Å². The predicted molar refractivity (Wildman–Crippen MR) is 151 cm³/mol. The van der Waals surface area contributed by atoms with E-state index >= 15 is 0 Å². The van der Waals surface area contributed by atoms with Crippen LogP contribution in [0.2, 0.25) is 0 Å². The molecule has 0 bridgehead atoms. The molecule has 0 saturated heterocycles. The summed E-state index contributed by atoms with van der Waals surface area (Å²) in [5.74, 6) is -0.417. The van der Waals surface area contributed by atoms with E-state index in [0.29, 0.717) is 34.0 Å². The quantitative estimate of drug-likeness (QED) is 0.391. The lowest BCUT2D eigenvalue weighted by Crippen LogP contribution is -2.45. The summed E-state index contributed by atoms with van der Waals surface area (Å²) < 4.78 is 6.62. The molecule has 196 valence electrons. The van der Waals surface area contributed by atoms with Crippen molar-refractivity contribution in [2.24, 2.45) is 14.1 Å². The predicted octanol–water partition coefficient (Wildman–Crippen LogP) is 3.88. The number of benzene rings is 3. The van der Waals surface area contributed by atoms with Crippen LogP contribution >= 0.6 is 0 Å². The van der Waals surface area contributed by atoms with Crippen molar-refractivity contribution in [3.63, 3.8) is 0 Å². The minimum atomic E-state index is -1.65. The van der Waals surface area contributed by atoms with E-state index in [0.717, 1.165) is 5.56 Å². The lowest BCUT2D eigenvalue weighted by atomic mass is 9.70. The topological polar surface area (TPSA) is 83.0 Å². The number of aryl methyl sites for hydroxylation is 1. The molecule has 0 fully saturated rings. The molecule has 0 atom stereocenters. The van der Waals surface area contributed by atoms with Gasteiger partial charge in [-0.25, -0.2) is 9.36 Å². The highest BCUT2D eigenvalue weighted by Crippen LogP contribution is 2.48. The molecule has 3 aromatic carbocycles. The maximum atomic E-state index is 14.4. The van der Waals surface area contributed by atoms with E-state index in [2.05, 4.69) is 5.32 Å². The van der Waals surface area contributed by atoms with Gasteiger partial charge < -0.3 is 5.32 Å². The van der Waals surface area contributed by atoms with Gasteiger partial charge in [-0.1, -0.05) is 54.1 Å². The minimum absolute atomic E-state index is 0.265. The second kappa shape index (κ2) is 8.59.